The van der Waals surface area contributed by atoms with Gasteiger partial charge in [-0.3, -0.25) is 0 Å². The zero-order chi connectivity index (χ0) is 17.2. The van der Waals surface area contributed by atoms with Crippen molar-refractivity contribution in [1.82, 2.24) is 5.32 Å². The summed E-state index contributed by atoms with van der Waals surface area (Å²) in [5.41, 5.74) is 2.88. The van der Waals surface area contributed by atoms with Crippen molar-refractivity contribution < 1.29 is 0 Å². The topological polar surface area (TPSA) is 12.0 Å². The predicted octanol–water partition coefficient (Wildman–Crippen LogP) is 6.59. The van der Waals surface area contributed by atoms with E-state index in [0.717, 1.165) is 0 Å². The van der Waals surface area contributed by atoms with Gasteiger partial charge in [-0.05, 0) is 66.1 Å². The zero-order valence-corrected chi connectivity index (χ0v) is 16.2. The Morgan fingerprint density at radius 1 is 0.960 bits per heavy atom. The Bertz CT molecular complexity index is 867. The molecule has 0 amide bonds. The highest BCUT2D eigenvalue weighted by Gasteiger charge is 2.27. The summed E-state index contributed by atoms with van der Waals surface area (Å²) in [5, 5.41) is 6.58. The summed E-state index contributed by atoms with van der Waals surface area (Å²) in [6, 6.07) is 25.1. The van der Waals surface area contributed by atoms with Crippen LogP contribution >= 0.6 is 15.9 Å². The minimum Gasteiger partial charge on any atom is -0.307 e. The van der Waals surface area contributed by atoms with E-state index in [4.69, 9.17) is 0 Å². The van der Waals surface area contributed by atoms with Crippen LogP contribution in [-0.2, 0) is 0 Å². The fraction of sp³-hybridized carbons (Fsp3) is 0.304. The van der Waals surface area contributed by atoms with E-state index in [1.165, 1.54) is 45.6 Å². The lowest BCUT2D eigenvalue weighted by molar-refractivity contribution is 0.459. The Hall–Kier alpha value is -1.64. The van der Waals surface area contributed by atoms with Gasteiger partial charge >= 0.3 is 0 Å². The zero-order valence-electron chi connectivity index (χ0n) is 14.6. The minimum absolute atomic E-state index is 0.373. The molecule has 0 unspecified atom stereocenters. The molecule has 0 bridgehead atoms. The molecule has 25 heavy (non-hydrogen) atoms. The summed E-state index contributed by atoms with van der Waals surface area (Å²) in [7, 11) is 0. The molecule has 1 nitrogen and oxygen atoms in total. The second kappa shape index (κ2) is 7.31. The number of halogens is 1. The molecule has 1 aliphatic carbocycles. The standard InChI is InChI=1S/C23H24BrN/c1-16(22-11-5-7-17-6-2-3-10-23(17)22)25-21-13-12-19(15-21)18-8-4-9-20(24)14-18/h2-11,14,16,19,21,25H,12-13,15H2,1H3/t16-,19-,21+/m1/s1. The van der Waals surface area contributed by atoms with Crippen LogP contribution < -0.4 is 5.32 Å². The van der Waals surface area contributed by atoms with Crippen LogP contribution in [0.25, 0.3) is 10.8 Å². The molecule has 0 aliphatic heterocycles. The summed E-state index contributed by atoms with van der Waals surface area (Å²) in [4.78, 5) is 0. The van der Waals surface area contributed by atoms with E-state index in [2.05, 4.69) is 94.9 Å². The Labute approximate surface area is 158 Å². The number of hydrogen-bond donors (Lipinski definition) is 1. The summed E-state index contributed by atoms with van der Waals surface area (Å²) in [6.45, 7) is 2.30. The molecule has 3 aromatic carbocycles. The second-order valence-corrected chi connectivity index (χ2v) is 8.13. The molecule has 1 saturated carbocycles. The lowest BCUT2D eigenvalue weighted by atomic mass is 9.97. The van der Waals surface area contributed by atoms with E-state index in [0.29, 0.717) is 18.0 Å². The highest BCUT2D eigenvalue weighted by molar-refractivity contribution is 9.10. The molecular weight excluding hydrogens is 370 g/mol. The number of rotatable bonds is 4. The maximum absolute atomic E-state index is 3.89. The number of nitrogens with one attached hydrogen (secondary N) is 1. The monoisotopic (exact) mass is 393 g/mol. The molecule has 2 heteroatoms. The van der Waals surface area contributed by atoms with Crippen molar-refractivity contribution in [1.29, 1.82) is 0 Å². The Morgan fingerprint density at radius 2 is 1.76 bits per heavy atom. The third-order valence-corrected chi connectivity index (χ3v) is 6.02. The molecule has 0 spiro atoms. The predicted molar refractivity (Wildman–Crippen MR) is 110 cm³/mol. The van der Waals surface area contributed by atoms with E-state index < -0.39 is 0 Å². The largest absolute Gasteiger partial charge is 0.307 e. The molecule has 0 saturated heterocycles. The van der Waals surface area contributed by atoms with Crippen molar-refractivity contribution in [3.8, 4) is 0 Å². The van der Waals surface area contributed by atoms with E-state index in [1.807, 2.05) is 0 Å². The van der Waals surface area contributed by atoms with Gasteiger partial charge in [-0.25, -0.2) is 0 Å². The fourth-order valence-corrected chi connectivity index (χ4v) is 4.68. The van der Waals surface area contributed by atoms with Gasteiger partial charge in [0.15, 0.2) is 0 Å². The number of fused-ring (bicyclic) bond motifs is 1. The smallest absolute Gasteiger partial charge is 0.0300 e. The van der Waals surface area contributed by atoms with Crippen molar-refractivity contribution >= 4 is 26.7 Å². The van der Waals surface area contributed by atoms with E-state index >= 15 is 0 Å². The van der Waals surface area contributed by atoms with Crippen molar-refractivity contribution in [2.45, 2.75) is 44.2 Å². The molecule has 0 aromatic heterocycles. The van der Waals surface area contributed by atoms with Gasteiger partial charge in [0.2, 0.25) is 0 Å². The molecule has 1 fully saturated rings. The van der Waals surface area contributed by atoms with Crippen LogP contribution in [0.15, 0.2) is 71.2 Å². The molecular formula is C23H24BrN. The third-order valence-electron chi connectivity index (χ3n) is 5.53. The minimum atomic E-state index is 0.373. The number of benzene rings is 3. The Morgan fingerprint density at radius 3 is 2.64 bits per heavy atom. The fourth-order valence-electron chi connectivity index (χ4n) is 4.27. The van der Waals surface area contributed by atoms with Crippen LogP contribution in [0.3, 0.4) is 0 Å². The van der Waals surface area contributed by atoms with Gasteiger partial charge in [0.25, 0.3) is 0 Å². The summed E-state index contributed by atoms with van der Waals surface area (Å²) in [5.74, 6) is 0.676. The van der Waals surface area contributed by atoms with Crippen molar-refractivity contribution in [2.75, 3.05) is 0 Å². The van der Waals surface area contributed by atoms with Gasteiger partial charge < -0.3 is 5.32 Å². The van der Waals surface area contributed by atoms with Gasteiger partial charge in [0.1, 0.15) is 0 Å². The first-order chi connectivity index (χ1) is 12.2. The highest BCUT2D eigenvalue weighted by atomic mass is 79.9. The van der Waals surface area contributed by atoms with Gasteiger partial charge in [-0.1, -0.05) is 70.5 Å². The van der Waals surface area contributed by atoms with Crippen LogP contribution in [-0.4, -0.2) is 6.04 Å². The van der Waals surface area contributed by atoms with Gasteiger partial charge in [-0.2, -0.15) is 0 Å². The second-order valence-electron chi connectivity index (χ2n) is 7.22. The summed E-state index contributed by atoms with van der Waals surface area (Å²) < 4.78 is 1.19. The normalized spacial score (nSPS) is 21.5. The van der Waals surface area contributed by atoms with Crippen LogP contribution in [0, 0.1) is 0 Å². The lowest BCUT2D eigenvalue weighted by Gasteiger charge is -2.21. The molecule has 128 valence electrons. The third kappa shape index (κ3) is 3.65. The molecule has 1 aliphatic rings. The van der Waals surface area contributed by atoms with Crippen LogP contribution in [0.5, 0.6) is 0 Å². The Kier molecular flexibility index (Phi) is 4.91. The van der Waals surface area contributed by atoms with Gasteiger partial charge in [0.05, 0.1) is 0 Å². The van der Waals surface area contributed by atoms with E-state index in [9.17, 15) is 0 Å². The van der Waals surface area contributed by atoms with Gasteiger partial charge in [-0.15, -0.1) is 0 Å². The first-order valence-corrected chi connectivity index (χ1v) is 9.99. The lowest BCUT2D eigenvalue weighted by Crippen LogP contribution is -2.29. The van der Waals surface area contributed by atoms with Crippen LogP contribution in [0.1, 0.15) is 49.3 Å². The molecule has 1 N–H and O–H groups in total. The van der Waals surface area contributed by atoms with Gasteiger partial charge in [0, 0.05) is 16.6 Å². The van der Waals surface area contributed by atoms with E-state index in [-0.39, 0.29) is 0 Å². The SMILES string of the molecule is C[C@@H](N[C@H]1CC[C@@H](c2cccc(Br)c2)C1)c1cccc2ccccc12. The maximum Gasteiger partial charge on any atom is 0.0300 e. The quantitative estimate of drug-likeness (QED) is 0.526. The molecule has 3 aromatic rings. The Balaban J connectivity index is 1.47. The first kappa shape index (κ1) is 16.8. The average Bonchev–Trinajstić information content (AvgIpc) is 3.10. The van der Waals surface area contributed by atoms with Crippen LogP contribution in [0.4, 0.5) is 0 Å². The highest BCUT2D eigenvalue weighted by Crippen LogP contribution is 2.36. The van der Waals surface area contributed by atoms with Crippen molar-refractivity contribution in [3.63, 3.8) is 0 Å². The summed E-state index contributed by atoms with van der Waals surface area (Å²) in [6.07, 6.45) is 3.76. The molecule has 3 atom stereocenters. The maximum atomic E-state index is 3.89. The average molecular weight is 394 g/mol. The van der Waals surface area contributed by atoms with Crippen LogP contribution in [0.2, 0.25) is 0 Å². The molecule has 0 heterocycles. The molecule has 4 rings (SSSR count). The number of hydrogen-bond acceptors (Lipinski definition) is 1. The summed E-state index contributed by atoms with van der Waals surface area (Å²) >= 11 is 3.60. The molecule has 0 radical (unpaired) electrons. The first-order valence-electron chi connectivity index (χ1n) is 9.20. The van der Waals surface area contributed by atoms with Crippen molar-refractivity contribution in [3.05, 3.63) is 82.3 Å². The van der Waals surface area contributed by atoms with E-state index in [1.54, 1.807) is 0 Å². The van der Waals surface area contributed by atoms with Crippen molar-refractivity contribution in [2.24, 2.45) is 0 Å².